The van der Waals surface area contributed by atoms with E-state index in [0.717, 1.165) is 12.7 Å². The Balaban J connectivity index is 0.00000158. The number of nitrogens with one attached hydrogen (secondary N) is 1. The first kappa shape index (κ1) is 24.0. The Morgan fingerprint density at radius 1 is 1.03 bits per heavy atom. The zero-order valence-electron chi connectivity index (χ0n) is 18.3. The van der Waals surface area contributed by atoms with Crippen LogP contribution in [0.5, 0.6) is 5.75 Å². The number of rotatable bonds is 7. The van der Waals surface area contributed by atoms with Crippen molar-refractivity contribution in [3.8, 4) is 5.75 Å². The molecule has 2 heterocycles. The van der Waals surface area contributed by atoms with E-state index in [9.17, 15) is 14.9 Å². The van der Waals surface area contributed by atoms with Crippen molar-refractivity contribution in [2.45, 2.75) is 6.61 Å². The molecule has 2 aromatic heterocycles. The number of ether oxygens (including phenoxy) is 2. The molecule has 0 fully saturated rings. The first-order valence-electron chi connectivity index (χ1n) is 9.91. The second kappa shape index (κ2) is 11.3. The number of hydrogen-bond donors (Lipinski definition) is 2. The van der Waals surface area contributed by atoms with E-state index >= 15 is 0 Å². The topological polar surface area (TPSA) is 150 Å². The number of esters is 1. The predicted octanol–water partition coefficient (Wildman–Crippen LogP) is 3.65. The number of benzene rings is 2. The number of carbonyl (C=O) groups excluding carboxylic acids is 1. The van der Waals surface area contributed by atoms with Crippen molar-refractivity contribution in [2.24, 2.45) is 0 Å². The van der Waals surface area contributed by atoms with Gasteiger partial charge in [-0.15, -0.1) is 0 Å². The average molecular weight is 463 g/mol. The molecule has 0 radical (unpaired) electrons. The van der Waals surface area contributed by atoms with Crippen molar-refractivity contribution in [3.05, 3.63) is 88.5 Å². The monoisotopic (exact) mass is 463 g/mol. The van der Waals surface area contributed by atoms with Crippen LogP contribution >= 0.6 is 0 Å². The van der Waals surface area contributed by atoms with E-state index in [2.05, 4.69) is 25.0 Å². The number of non-ortho nitro benzene ring substituents is 1. The molecule has 0 atom stereocenters. The van der Waals surface area contributed by atoms with E-state index in [1.165, 1.54) is 25.6 Å². The minimum absolute atomic E-state index is 0.0303. The van der Waals surface area contributed by atoms with E-state index in [0.29, 0.717) is 28.2 Å². The summed E-state index contributed by atoms with van der Waals surface area (Å²) >= 11 is 0. The molecule has 0 unspecified atom stereocenters. The van der Waals surface area contributed by atoms with E-state index in [4.69, 9.17) is 9.84 Å². The Bertz CT molecular complexity index is 1300. The maximum absolute atomic E-state index is 11.4. The number of aliphatic hydroxyl groups excluding tert-OH is 1. The molecule has 11 heteroatoms. The molecule has 0 bridgehead atoms. The third-order valence-corrected chi connectivity index (χ3v) is 4.58. The van der Waals surface area contributed by atoms with Gasteiger partial charge in [0.15, 0.2) is 5.69 Å². The third kappa shape index (κ3) is 5.58. The molecule has 4 rings (SSSR count). The van der Waals surface area contributed by atoms with Crippen molar-refractivity contribution in [1.29, 1.82) is 0 Å². The molecule has 4 aromatic rings. The lowest BCUT2D eigenvalue weighted by Crippen LogP contribution is -2.06. The Labute approximate surface area is 194 Å². The van der Waals surface area contributed by atoms with Gasteiger partial charge in [-0.05, 0) is 29.8 Å². The summed E-state index contributed by atoms with van der Waals surface area (Å²) < 4.78 is 10.5. The van der Waals surface area contributed by atoms with Crippen molar-refractivity contribution in [1.82, 2.24) is 15.0 Å². The highest BCUT2D eigenvalue weighted by atomic mass is 16.6. The van der Waals surface area contributed by atoms with Crippen LogP contribution < -0.4 is 10.1 Å². The van der Waals surface area contributed by atoms with Crippen LogP contribution in [0, 0.1) is 10.1 Å². The van der Waals surface area contributed by atoms with Gasteiger partial charge in [0.1, 0.15) is 24.0 Å². The molecule has 174 valence electrons. The number of methoxy groups -OCH3 is 1. The summed E-state index contributed by atoms with van der Waals surface area (Å²) in [4.78, 5) is 34.7. The minimum Gasteiger partial charge on any atom is -0.488 e. The van der Waals surface area contributed by atoms with Crippen LogP contribution in [0.25, 0.3) is 10.8 Å². The Hall–Kier alpha value is -4.64. The maximum Gasteiger partial charge on any atom is 0.358 e. The SMILES string of the molecule is CO.COC(=O)c1cnc(Nc2cc(COc3ccc([N+](=O)[O-])c4ccccc34)ccn2)cn1. The predicted molar refractivity (Wildman–Crippen MR) is 124 cm³/mol. The van der Waals surface area contributed by atoms with E-state index in [1.807, 2.05) is 0 Å². The highest BCUT2D eigenvalue weighted by molar-refractivity contribution is 5.95. The number of pyridine rings is 1. The lowest BCUT2D eigenvalue weighted by atomic mass is 10.1. The molecule has 0 spiro atoms. The second-order valence-electron chi connectivity index (χ2n) is 6.63. The summed E-state index contributed by atoms with van der Waals surface area (Å²) in [7, 11) is 2.27. The molecule has 0 saturated heterocycles. The highest BCUT2D eigenvalue weighted by Crippen LogP contribution is 2.33. The Morgan fingerprint density at radius 2 is 1.79 bits per heavy atom. The summed E-state index contributed by atoms with van der Waals surface area (Å²) in [6.45, 7) is 0.228. The summed E-state index contributed by atoms with van der Waals surface area (Å²) in [5.41, 5.74) is 0.954. The van der Waals surface area contributed by atoms with Crippen LogP contribution in [0.4, 0.5) is 17.3 Å². The number of anilines is 2. The number of aliphatic hydroxyl groups is 1. The van der Waals surface area contributed by atoms with Crippen LogP contribution in [-0.4, -0.2) is 45.2 Å². The van der Waals surface area contributed by atoms with E-state index < -0.39 is 10.9 Å². The lowest BCUT2D eigenvalue weighted by Gasteiger charge is -2.11. The zero-order valence-corrected chi connectivity index (χ0v) is 18.3. The van der Waals surface area contributed by atoms with Crippen molar-refractivity contribution < 1.29 is 24.3 Å². The quantitative estimate of drug-likeness (QED) is 0.236. The van der Waals surface area contributed by atoms with Crippen LogP contribution in [-0.2, 0) is 11.3 Å². The van der Waals surface area contributed by atoms with Crippen molar-refractivity contribution >= 4 is 34.1 Å². The van der Waals surface area contributed by atoms with Crippen LogP contribution in [0.15, 0.2) is 67.1 Å². The van der Waals surface area contributed by atoms with Gasteiger partial charge in [-0.3, -0.25) is 10.1 Å². The molecule has 0 aliphatic heterocycles. The average Bonchev–Trinajstić information content (AvgIpc) is 2.88. The number of nitrogens with zero attached hydrogens (tertiary/aromatic N) is 4. The fourth-order valence-corrected chi connectivity index (χ4v) is 3.07. The first-order chi connectivity index (χ1) is 16.5. The summed E-state index contributed by atoms with van der Waals surface area (Å²) in [6.07, 6.45) is 4.33. The van der Waals surface area contributed by atoms with Gasteiger partial charge in [0.05, 0.1) is 29.8 Å². The minimum atomic E-state index is -0.569. The Kier molecular flexibility index (Phi) is 7.97. The van der Waals surface area contributed by atoms with Gasteiger partial charge in [-0.2, -0.15) is 0 Å². The number of hydrogen-bond acceptors (Lipinski definition) is 10. The number of fused-ring (bicyclic) bond motifs is 1. The van der Waals surface area contributed by atoms with Crippen LogP contribution in [0.2, 0.25) is 0 Å². The molecule has 2 aromatic carbocycles. The largest absolute Gasteiger partial charge is 0.488 e. The fourth-order valence-electron chi connectivity index (χ4n) is 3.07. The number of carbonyl (C=O) groups is 1. The summed E-state index contributed by atoms with van der Waals surface area (Å²) in [6, 6.07) is 13.6. The van der Waals surface area contributed by atoms with Crippen LogP contribution in [0.3, 0.4) is 0 Å². The molecule has 34 heavy (non-hydrogen) atoms. The number of nitro groups is 1. The molecular formula is C23H21N5O6. The zero-order chi connectivity index (χ0) is 24.5. The molecule has 0 aliphatic carbocycles. The molecular weight excluding hydrogens is 442 g/mol. The Morgan fingerprint density at radius 3 is 2.47 bits per heavy atom. The maximum atomic E-state index is 11.4. The lowest BCUT2D eigenvalue weighted by molar-refractivity contribution is -0.383. The second-order valence-corrected chi connectivity index (χ2v) is 6.63. The summed E-state index contributed by atoms with van der Waals surface area (Å²) in [5, 5.41) is 22.5. The van der Waals surface area contributed by atoms with Crippen molar-refractivity contribution in [3.63, 3.8) is 0 Å². The van der Waals surface area contributed by atoms with Gasteiger partial charge in [-0.1, -0.05) is 18.2 Å². The smallest absolute Gasteiger partial charge is 0.358 e. The molecule has 2 N–H and O–H groups in total. The van der Waals surface area contributed by atoms with E-state index in [-0.39, 0.29) is 18.0 Å². The molecule has 11 nitrogen and oxygen atoms in total. The van der Waals surface area contributed by atoms with Gasteiger partial charge in [0.25, 0.3) is 5.69 Å². The van der Waals surface area contributed by atoms with Gasteiger partial charge >= 0.3 is 5.97 Å². The molecule has 0 saturated carbocycles. The fraction of sp³-hybridized carbons (Fsp3) is 0.130. The normalized spacial score (nSPS) is 10.1. The van der Waals surface area contributed by atoms with Gasteiger partial charge in [-0.25, -0.2) is 19.7 Å². The molecule has 0 amide bonds. The molecule has 0 aliphatic rings. The standard InChI is InChI=1S/C22H17N5O5.CH4O/c1-31-22(28)17-11-25-21(12-24-17)26-20-10-14(8-9-23-20)13-32-19-7-6-18(27(29)30)15-4-2-3-5-16(15)19;1-2/h2-12H,13H2,1H3,(H,23,25,26);2H,1H3. The van der Waals surface area contributed by atoms with Crippen LogP contribution in [0.1, 0.15) is 16.1 Å². The summed E-state index contributed by atoms with van der Waals surface area (Å²) in [5.74, 6) is 0.895. The highest BCUT2D eigenvalue weighted by Gasteiger charge is 2.14. The van der Waals surface area contributed by atoms with Gasteiger partial charge < -0.3 is 19.9 Å². The number of aromatic nitrogens is 3. The third-order valence-electron chi connectivity index (χ3n) is 4.58. The van der Waals surface area contributed by atoms with Crippen molar-refractivity contribution in [2.75, 3.05) is 19.5 Å². The van der Waals surface area contributed by atoms with Gasteiger partial charge in [0, 0.05) is 24.8 Å². The number of nitro benzene ring substituents is 1. The van der Waals surface area contributed by atoms with E-state index in [1.54, 1.807) is 48.7 Å². The first-order valence-corrected chi connectivity index (χ1v) is 9.91. The van der Waals surface area contributed by atoms with Gasteiger partial charge in [0.2, 0.25) is 0 Å².